The summed E-state index contributed by atoms with van der Waals surface area (Å²) in [4.78, 5) is 24.8. The molecule has 0 atom stereocenters. The molecule has 1 heterocycles. The maximum absolute atomic E-state index is 12.4. The molecule has 0 aliphatic rings. The van der Waals surface area contributed by atoms with Crippen molar-refractivity contribution in [3.8, 4) is 0 Å². The minimum Gasteiger partial charge on any atom is -0.481 e. The van der Waals surface area contributed by atoms with Crippen LogP contribution in [0, 0.1) is 0 Å². The molecule has 0 unspecified atom stereocenters. The molecule has 0 aliphatic heterocycles. The Bertz CT molecular complexity index is 428. The molecule has 0 fully saturated rings. The molecule has 0 aromatic carbocycles. The van der Waals surface area contributed by atoms with Crippen LogP contribution in [0.2, 0.25) is 0 Å². The summed E-state index contributed by atoms with van der Waals surface area (Å²) in [6.45, 7) is 0. The van der Waals surface area contributed by atoms with Gasteiger partial charge in [-0.3, -0.25) is 14.6 Å². The Balaban J connectivity index is 3.14. The summed E-state index contributed by atoms with van der Waals surface area (Å²) in [7, 11) is 0. The number of pyridine rings is 1. The number of hydrogen-bond donors (Lipinski definition) is 1. The van der Waals surface area contributed by atoms with Gasteiger partial charge in [-0.15, -0.1) is 0 Å². The van der Waals surface area contributed by atoms with Gasteiger partial charge < -0.3 is 5.11 Å². The third kappa shape index (κ3) is 2.78. The van der Waals surface area contributed by atoms with E-state index in [0.717, 1.165) is 6.20 Å². The maximum atomic E-state index is 12.4. The van der Waals surface area contributed by atoms with Gasteiger partial charge in [0, 0.05) is 18.0 Å². The number of carbonyl (C=O) groups excluding carboxylic acids is 1. The van der Waals surface area contributed by atoms with Crippen LogP contribution in [0.15, 0.2) is 18.5 Å². The SMILES string of the molecule is O=C(O)CC(=O)c1cnccc1C(F)(F)F. The van der Waals surface area contributed by atoms with E-state index in [4.69, 9.17) is 5.11 Å². The Kier molecular flexibility index (Phi) is 3.26. The number of hydrogen-bond acceptors (Lipinski definition) is 3. The average Bonchev–Trinajstić information content (AvgIpc) is 2.15. The lowest BCUT2D eigenvalue weighted by Crippen LogP contribution is -2.15. The summed E-state index contributed by atoms with van der Waals surface area (Å²) in [5, 5.41) is 8.32. The number of aliphatic carboxylic acids is 1. The van der Waals surface area contributed by atoms with Gasteiger partial charge in [0.25, 0.3) is 0 Å². The minimum absolute atomic E-state index is 0.634. The molecule has 7 heteroatoms. The zero-order chi connectivity index (χ0) is 12.3. The molecule has 0 aliphatic carbocycles. The van der Waals surface area contributed by atoms with Crippen LogP contribution >= 0.6 is 0 Å². The zero-order valence-corrected chi connectivity index (χ0v) is 7.78. The lowest BCUT2D eigenvalue weighted by Gasteiger charge is -2.10. The summed E-state index contributed by atoms with van der Waals surface area (Å²) in [6.07, 6.45) is -4.09. The number of Topliss-reactive ketones (excluding diaryl/α,β-unsaturated/α-hetero) is 1. The van der Waals surface area contributed by atoms with Gasteiger partial charge in [0.1, 0.15) is 6.42 Å². The molecule has 1 N–H and O–H groups in total. The van der Waals surface area contributed by atoms with Crippen molar-refractivity contribution in [1.29, 1.82) is 0 Å². The molecule has 0 bridgehead atoms. The van der Waals surface area contributed by atoms with Gasteiger partial charge in [-0.1, -0.05) is 0 Å². The summed E-state index contributed by atoms with van der Waals surface area (Å²) in [6, 6.07) is 0.634. The molecule has 4 nitrogen and oxygen atoms in total. The van der Waals surface area contributed by atoms with E-state index in [1.165, 1.54) is 0 Å². The first-order valence-corrected chi connectivity index (χ1v) is 4.08. The van der Waals surface area contributed by atoms with Gasteiger partial charge in [-0.05, 0) is 6.07 Å². The van der Waals surface area contributed by atoms with Crippen molar-refractivity contribution in [2.75, 3.05) is 0 Å². The lowest BCUT2D eigenvalue weighted by molar-refractivity contribution is -0.139. The molecule has 0 radical (unpaired) electrons. The first kappa shape index (κ1) is 12.2. The van der Waals surface area contributed by atoms with Crippen LogP contribution in [0.5, 0.6) is 0 Å². The largest absolute Gasteiger partial charge is 0.481 e. The van der Waals surface area contributed by atoms with Crippen LogP contribution in [0.4, 0.5) is 13.2 Å². The topological polar surface area (TPSA) is 67.3 Å². The minimum atomic E-state index is -4.70. The van der Waals surface area contributed by atoms with Crippen molar-refractivity contribution in [3.63, 3.8) is 0 Å². The highest BCUT2D eigenvalue weighted by Crippen LogP contribution is 2.31. The van der Waals surface area contributed by atoms with Crippen LogP contribution in [0.3, 0.4) is 0 Å². The molecule has 16 heavy (non-hydrogen) atoms. The number of nitrogens with zero attached hydrogens (tertiary/aromatic N) is 1. The normalized spacial score (nSPS) is 11.2. The fourth-order valence-electron chi connectivity index (χ4n) is 1.10. The lowest BCUT2D eigenvalue weighted by atomic mass is 10.0. The Morgan fingerprint density at radius 3 is 2.50 bits per heavy atom. The second kappa shape index (κ2) is 4.30. The molecule has 1 aromatic heterocycles. The van der Waals surface area contributed by atoms with Crippen molar-refractivity contribution >= 4 is 11.8 Å². The van der Waals surface area contributed by atoms with Crippen LogP contribution in [-0.4, -0.2) is 21.8 Å². The van der Waals surface area contributed by atoms with E-state index in [2.05, 4.69) is 4.98 Å². The average molecular weight is 233 g/mol. The summed E-state index contributed by atoms with van der Waals surface area (Å²) in [5.74, 6) is -2.60. The maximum Gasteiger partial charge on any atom is 0.417 e. The van der Waals surface area contributed by atoms with Crippen LogP contribution < -0.4 is 0 Å². The highest BCUT2D eigenvalue weighted by atomic mass is 19.4. The fraction of sp³-hybridized carbons (Fsp3) is 0.222. The van der Waals surface area contributed by atoms with E-state index in [0.29, 0.717) is 12.3 Å². The van der Waals surface area contributed by atoms with Crippen molar-refractivity contribution < 1.29 is 27.9 Å². The predicted molar refractivity (Wildman–Crippen MR) is 45.8 cm³/mol. The second-order valence-corrected chi connectivity index (χ2v) is 2.91. The predicted octanol–water partition coefficient (Wildman–Crippen LogP) is 1.76. The third-order valence-corrected chi connectivity index (χ3v) is 1.74. The second-order valence-electron chi connectivity index (χ2n) is 2.91. The molecular formula is C9H6F3NO3. The zero-order valence-electron chi connectivity index (χ0n) is 7.78. The highest BCUT2D eigenvalue weighted by molar-refractivity contribution is 6.06. The van der Waals surface area contributed by atoms with Crippen LogP contribution in [0.25, 0.3) is 0 Å². The first-order chi connectivity index (χ1) is 7.32. The van der Waals surface area contributed by atoms with E-state index in [1.54, 1.807) is 0 Å². The van der Waals surface area contributed by atoms with E-state index in [-0.39, 0.29) is 0 Å². The smallest absolute Gasteiger partial charge is 0.417 e. The first-order valence-electron chi connectivity index (χ1n) is 4.08. The number of aromatic nitrogens is 1. The number of ketones is 1. The molecule has 86 valence electrons. The molecule has 0 saturated heterocycles. The van der Waals surface area contributed by atoms with Crippen molar-refractivity contribution in [2.24, 2.45) is 0 Å². The van der Waals surface area contributed by atoms with Gasteiger partial charge in [0.15, 0.2) is 5.78 Å². The van der Waals surface area contributed by atoms with E-state index in [1.807, 2.05) is 0 Å². The number of carbonyl (C=O) groups is 2. The Labute approximate surface area is 87.7 Å². The summed E-state index contributed by atoms with van der Waals surface area (Å²) < 4.78 is 37.3. The van der Waals surface area contributed by atoms with Gasteiger partial charge >= 0.3 is 12.1 Å². The third-order valence-electron chi connectivity index (χ3n) is 1.74. The van der Waals surface area contributed by atoms with Crippen molar-refractivity contribution in [1.82, 2.24) is 4.98 Å². The molecule has 0 saturated carbocycles. The van der Waals surface area contributed by atoms with E-state index < -0.39 is 35.5 Å². The number of halogens is 3. The Morgan fingerprint density at radius 2 is 2.00 bits per heavy atom. The molecule has 1 aromatic rings. The van der Waals surface area contributed by atoms with Gasteiger partial charge in [0.2, 0.25) is 0 Å². The van der Waals surface area contributed by atoms with Crippen molar-refractivity contribution in [2.45, 2.75) is 12.6 Å². The Morgan fingerprint density at radius 1 is 1.38 bits per heavy atom. The number of carboxylic acid groups (broad SMARTS) is 1. The van der Waals surface area contributed by atoms with E-state index >= 15 is 0 Å². The summed E-state index contributed by atoms with van der Waals surface area (Å²) in [5.41, 5.74) is -1.90. The van der Waals surface area contributed by atoms with Crippen molar-refractivity contribution in [3.05, 3.63) is 29.6 Å². The highest BCUT2D eigenvalue weighted by Gasteiger charge is 2.35. The quantitative estimate of drug-likeness (QED) is 0.638. The summed E-state index contributed by atoms with van der Waals surface area (Å²) >= 11 is 0. The number of alkyl halides is 3. The fourth-order valence-corrected chi connectivity index (χ4v) is 1.10. The number of rotatable bonds is 3. The monoisotopic (exact) mass is 233 g/mol. The molecule has 0 amide bonds. The molecule has 0 spiro atoms. The number of carboxylic acids is 1. The Hall–Kier alpha value is -1.92. The van der Waals surface area contributed by atoms with Gasteiger partial charge in [0.05, 0.1) is 5.56 Å². The standard InChI is InChI=1S/C9H6F3NO3/c10-9(11,12)6-1-2-13-4-5(6)7(14)3-8(15)16/h1-2,4H,3H2,(H,15,16). The van der Waals surface area contributed by atoms with Crippen LogP contribution in [0.1, 0.15) is 22.3 Å². The van der Waals surface area contributed by atoms with E-state index in [9.17, 15) is 22.8 Å². The van der Waals surface area contributed by atoms with Crippen LogP contribution in [-0.2, 0) is 11.0 Å². The molecule has 1 rings (SSSR count). The van der Waals surface area contributed by atoms with Gasteiger partial charge in [-0.2, -0.15) is 13.2 Å². The molecular weight excluding hydrogens is 227 g/mol. The van der Waals surface area contributed by atoms with Gasteiger partial charge in [-0.25, -0.2) is 0 Å².